The third-order valence-corrected chi connectivity index (χ3v) is 5.76. The number of nitrogens with one attached hydrogen (secondary N) is 1. The molecule has 1 N–H and O–H groups in total. The van der Waals surface area contributed by atoms with E-state index in [-0.39, 0.29) is 11.9 Å². The maximum Gasteiger partial charge on any atom is 0.234 e. The SMILES string of the molecule is COC[C@@H](C)NC(=O)CN1CCC(c2cc(Cc3ccc(C)cc3)cc(C)n2)CC1. The Morgan fingerprint density at radius 1 is 1.17 bits per heavy atom. The van der Waals surface area contributed by atoms with Gasteiger partial charge in [-0.25, -0.2) is 0 Å². The molecule has 1 saturated heterocycles. The van der Waals surface area contributed by atoms with Crippen LogP contribution in [-0.4, -0.2) is 55.2 Å². The summed E-state index contributed by atoms with van der Waals surface area (Å²) in [5.74, 6) is 0.542. The Hall–Kier alpha value is -2.24. The molecule has 5 heteroatoms. The largest absolute Gasteiger partial charge is 0.383 e. The van der Waals surface area contributed by atoms with Gasteiger partial charge in [0, 0.05) is 30.5 Å². The fraction of sp³-hybridized carbons (Fsp3) is 0.520. The van der Waals surface area contributed by atoms with Crippen molar-refractivity contribution in [2.75, 3.05) is 33.4 Å². The first-order valence-corrected chi connectivity index (χ1v) is 11.0. The highest BCUT2D eigenvalue weighted by Crippen LogP contribution is 2.28. The van der Waals surface area contributed by atoms with Crippen LogP contribution < -0.4 is 5.32 Å². The molecule has 1 fully saturated rings. The number of carbonyl (C=O) groups is 1. The van der Waals surface area contributed by atoms with E-state index in [0.717, 1.165) is 38.0 Å². The van der Waals surface area contributed by atoms with Crippen LogP contribution in [-0.2, 0) is 16.0 Å². The van der Waals surface area contributed by atoms with Gasteiger partial charge in [-0.05, 0) is 76.4 Å². The maximum atomic E-state index is 12.2. The average Bonchev–Trinajstić information content (AvgIpc) is 2.70. The van der Waals surface area contributed by atoms with Crippen molar-refractivity contribution < 1.29 is 9.53 Å². The van der Waals surface area contributed by atoms with Crippen LogP contribution in [0.1, 0.15) is 53.8 Å². The molecule has 0 saturated carbocycles. The van der Waals surface area contributed by atoms with Gasteiger partial charge in [-0.3, -0.25) is 14.7 Å². The second kappa shape index (κ2) is 10.7. The Labute approximate surface area is 180 Å². The summed E-state index contributed by atoms with van der Waals surface area (Å²) in [6.45, 7) is 9.03. The van der Waals surface area contributed by atoms with Gasteiger partial charge in [0.05, 0.1) is 13.2 Å². The Morgan fingerprint density at radius 3 is 2.53 bits per heavy atom. The molecule has 0 unspecified atom stereocenters. The van der Waals surface area contributed by atoms with E-state index in [1.54, 1.807) is 7.11 Å². The average molecular weight is 410 g/mol. The molecule has 1 amide bonds. The van der Waals surface area contributed by atoms with Crippen LogP contribution >= 0.6 is 0 Å². The van der Waals surface area contributed by atoms with E-state index in [0.29, 0.717) is 19.1 Å². The molecule has 0 spiro atoms. The van der Waals surface area contributed by atoms with Crippen molar-refractivity contribution in [3.8, 4) is 0 Å². The normalized spacial score (nSPS) is 16.4. The topological polar surface area (TPSA) is 54.5 Å². The minimum Gasteiger partial charge on any atom is -0.383 e. The number of ether oxygens (including phenoxy) is 1. The summed E-state index contributed by atoms with van der Waals surface area (Å²) in [5, 5.41) is 2.99. The molecule has 2 heterocycles. The zero-order valence-corrected chi connectivity index (χ0v) is 18.8. The number of hydrogen-bond donors (Lipinski definition) is 1. The quantitative estimate of drug-likeness (QED) is 0.724. The highest BCUT2D eigenvalue weighted by atomic mass is 16.5. The van der Waals surface area contributed by atoms with Crippen LogP contribution in [0.15, 0.2) is 36.4 Å². The van der Waals surface area contributed by atoms with E-state index in [1.165, 1.54) is 22.4 Å². The minimum atomic E-state index is 0.0449. The van der Waals surface area contributed by atoms with Crippen molar-refractivity contribution >= 4 is 5.91 Å². The standard InChI is InChI=1S/C25H35N3O2/c1-18-5-7-21(8-6-18)14-22-13-19(2)26-24(15-22)23-9-11-28(12-10-23)16-25(29)27-20(3)17-30-4/h5-8,13,15,20,23H,9-12,14,16-17H2,1-4H3,(H,27,29)/t20-/m1/s1. The molecular formula is C25H35N3O2. The predicted octanol–water partition coefficient (Wildman–Crippen LogP) is 3.62. The summed E-state index contributed by atoms with van der Waals surface area (Å²) in [4.78, 5) is 19.3. The van der Waals surface area contributed by atoms with Crippen molar-refractivity contribution in [1.29, 1.82) is 0 Å². The molecule has 1 aromatic carbocycles. The van der Waals surface area contributed by atoms with E-state index < -0.39 is 0 Å². The second-order valence-corrected chi connectivity index (χ2v) is 8.68. The van der Waals surface area contributed by atoms with Gasteiger partial charge in [-0.15, -0.1) is 0 Å². The molecule has 0 bridgehead atoms. The highest BCUT2D eigenvalue weighted by molar-refractivity contribution is 5.78. The first kappa shape index (κ1) is 22.4. The number of nitrogens with zero attached hydrogens (tertiary/aromatic N) is 2. The van der Waals surface area contributed by atoms with Crippen LogP contribution in [0.4, 0.5) is 0 Å². The molecule has 5 nitrogen and oxygen atoms in total. The molecular weight excluding hydrogens is 374 g/mol. The lowest BCUT2D eigenvalue weighted by Crippen LogP contribution is -2.44. The Balaban J connectivity index is 1.55. The number of amides is 1. The third-order valence-electron chi connectivity index (χ3n) is 5.76. The lowest BCUT2D eigenvalue weighted by Gasteiger charge is -2.31. The van der Waals surface area contributed by atoms with Gasteiger partial charge in [0.2, 0.25) is 5.91 Å². The summed E-state index contributed by atoms with van der Waals surface area (Å²) in [7, 11) is 1.65. The number of methoxy groups -OCH3 is 1. The number of benzene rings is 1. The lowest BCUT2D eigenvalue weighted by atomic mass is 9.91. The van der Waals surface area contributed by atoms with E-state index in [9.17, 15) is 4.79 Å². The zero-order valence-electron chi connectivity index (χ0n) is 18.8. The van der Waals surface area contributed by atoms with Crippen molar-refractivity contribution in [3.63, 3.8) is 0 Å². The Kier molecular flexibility index (Phi) is 8.00. The smallest absolute Gasteiger partial charge is 0.234 e. The molecule has 162 valence electrons. The maximum absolute atomic E-state index is 12.2. The van der Waals surface area contributed by atoms with E-state index >= 15 is 0 Å². The summed E-state index contributed by atoms with van der Waals surface area (Å²) >= 11 is 0. The lowest BCUT2D eigenvalue weighted by molar-refractivity contribution is -0.123. The summed E-state index contributed by atoms with van der Waals surface area (Å²) in [6.07, 6.45) is 3.03. The number of likely N-dealkylation sites (tertiary alicyclic amines) is 1. The molecule has 0 radical (unpaired) electrons. The van der Waals surface area contributed by atoms with Crippen molar-refractivity contribution in [2.24, 2.45) is 0 Å². The Morgan fingerprint density at radius 2 is 1.87 bits per heavy atom. The molecule has 1 aliphatic rings. The number of aryl methyl sites for hydroxylation is 2. The predicted molar refractivity (Wildman–Crippen MR) is 121 cm³/mol. The van der Waals surface area contributed by atoms with Gasteiger partial charge in [0.1, 0.15) is 0 Å². The van der Waals surface area contributed by atoms with E-state index in [4.69, 9.17) is 9.72 Å². The van der Waals surface area contributed by atoms with Gasteiger partial charge in [-0.2, -0.15) is 0 Å². The van der Waals surface area contributed by atoms with Gasteiger partial charge in [0.25, 0.3) is 0 Å². The first-order valence-electron chi connectivity index (χ1n) is 11.0. The van der Waals surface area contributed by atoms with Crippen LogP contribution in [0, 0.1) is 13.8 Å². The number of carbonyl (C=O) groups excluding carboxylic acids is 1. The molecule has 30 heavy (non-hydrogen) atoms. The van der Waals surface area contributed by atoms with Crippen LogP contribution in [0.25, 0.3) is 0 Å². The molecule has 1 atom stereocenters. The van der Waals surface area contributed by atoms with Crippen LogP contribution in [0.2, 0.25) is 0 Å². The molecule has 2 aromatic rings. The molecule has 0 aliphatic carbocycles. The molecule has 1 aliphatic heterocycles. The third kappa shape index (κ3) is 6.64. The summed E-state index contributed by atoms with van der Waals surface area (Å²) in [6, 6.07) is 13.3. The minimum absolute atomic E-state index is 0.0449. The van der Waals surface area contributed by atoms with E-state index in [2.05, 4.69) is 60.5 Å². The van der Waals surface area contributed by atoms with Crippen LogP contribution in [0.5, 0.6) is 0 Å². The van der Waals surface area contributed by atoms with Crippen LogP contribution in [0.3, 0.4) is 0 Å². The fourth-order valence-electron chi connectivity index (χ4n) is 4.22. The number of hydrogen-bond acceptors (Lipinski definition) is 4. The summed E-state index contributed by atoms with van der Waals surface area (Å²) in [5.41, 5.74) is 6.24. The number of aromatic nitrogens is 1. The van der Waals surface area contributed by atoms with Gasteiger partial charge < -0.3 is 10.1 Å². The monoisotopic (exact) mass is 409 g/mol. The molecule has 3 rings (SSSR count). The van der Waals surface area contributed by atoms with Crippen molar-refractivity contribution in [1.82, 2.24) is 15.2 Å². The highest BCUT2D eigenvalue weighted by Gasteiger charge is 2.23. The zero-order chi connectivity index (χ0) is 21.5. The summed E-state index contributed by atoms with van der Waals surface area (Å²) < 4.78 is 5.08. The van der Waals surface area contributed by atoms with Gasteiger partial charge >= 0.3 is 0 Å². The fourth-order valence-corrected chi connectivity index (χ4v) is 4.22. The number of piperidine rings is 1. The van der Waals surface area contributed by atoms with E-state index in [1.807, 2.05) is 6.92 Å². The van der Waals surface area contributed by atoms with Crippen molar-refractivity contribution in [2.45, 2.75) is 52.0 Å². The van der Waals surface area contributed by atoms with Crippen molar-refractivity contribution in [3.05, 3.63) is 64.5 Å². The van der Waals surface area contributed by atoms with Gasteiger partial charge in [-0.1, -0.05) is 29.8 Å². The van der Waals surface area contributed by atoms with Gasteiger partial charge in [0.15, 0.2) is 0 Å². The number of rotatable bonds is 8. The Bertz CT molecular complexity index is 827. The molecule has 1 aromatic heterocycles. The first-order chi connectivity index (χ1) is 14.4. The second-order valence-electron chi connectivity index (χ2n) is 8.68. The number of pyridine rings is 1.